The van der Waals surface area contributed by atoms with Crippen LogP contribution in [0.25, 0.3) is 6.08 Å². The SMILES string of the molecule is CCCOc1ccccc1[C@@H]1C(C(=O)OCCOC)=C(C)N=c2s/c(=C/c3cc(OC)c(OCc4ccccc4)cc3[N+](=O)[O-])c(=O)n21. The zero-order valence-corrected chi connectivity index (χ0v) is 27.8. The first-order valence-corrected chi connectivity index (χ1v) is 16.0. The van der Waals surface area contributed by atoms with Gasteiger partial charge in [-0.2, -0.15) is 0 Å². The van der Waals surface area contributed by atoms with Crippen LogP contribution in [0.3, 0.4) is 0 Å². The molecular weight excluding hydrogens is 638 g/mol. The van der Waals surface area contributed by atoms with Crippen molar-refractivity contribution in [3.05, 3.63) is 124 Å². The highest BCUT2D eigenvalue weighted by Crippen LogP contribution is 2.37. The van der Waals surface area contributed by atoms with E-state index in [4.69, 9.17) is 23.7 Å². The average molecular weight is 674 g/mol. The van der Waals surface area contributed by atoms with Crippen molar-refractivity contribution >= 4 is 29.1 Å². The zero-order chi connectivity index (χ0) is 34.2. The number of esters is 1. The van der Waals surface area contributed by atoms with Crippen molar-refractivity contribution in [3.63, 3.8) is 0 Å². The molecule has 0 amide bonds. The van der Waals surface area contributed by atoms with Crippen molar-refractivity contribution in [3.8, 4) is 17.2 Å². The molecule has 0 radical (unpaired) electrons. The summed E-state index contributed by atoms with van der Waals surface area (Å²) in [7, 11) is 2.93. The van der Waals surface area contributed by atoms with Gasteiger partial charge in [-0.3, -0.25) is 19.5 Å². The molecule has 48 heavy (non-hydrogen) atoms. The van der Waals surface area contributed by atoms with E-state index in [0.29, 0.717) is 28.4 Å². The fourth-order valence-corrected chi connectivity index (χ4v) is 6.25. The second kappa shape index (κ2) is 15.5. The molecule has 0 spiro atoms. The quantitative estimate of drug-likeness (QED) is 0.0806. The monoisotopic (exact) mass is 673 g/mol. The summed E-state index contributed by atoms with van der Waals surface area (Å²) in [6.07, 6.45) is 2.17. The summed E-state index contributed by atoms with van der Waals surface area (Å²) in [6, 6.07) is 18.4. The Labute approximate surface area is 280 Å². The number of nitrogens with zero attached hydrogens (tertiary/aromatic N) is 3. The Hall–Kier alpha value is -5.27. The van der Waals surface area contributed by atoms with E-state index in [2.05, 4.69) is 4.99 Å². The van der Waals surface area contributed by atoms with Crippen LogP contribution in [-0.4, -0.2) is 49.5 Å². The van der Waals surface area contributed by atoms with Gasteiger partial charge in [-0.15, -0.1) is 0 Å². The number of para-hydroxylation sites is 1. The molecule has 1 aromatic heterocycles. The molecule has 0 saturated heterocycles. The number of hydrogen-bond acceptors (Lipinski definition) is 11. The van der Waals surface area contributed by atoms with Crippen molar-refractivity contribution in [2.75, 3.05) is 34.0 Å². The van der Waals surface area contributed by atoms with Gasteiger partial charge in [0.2, 0.25) is 0 Å². The van der Waals surface area contributed by atoms with Crippen LogP contribution < -0.4 is 29.1 Å². The first-order chi connectivity index (χ1) is 23.3. The Bertz CT molecular complexity index is 2020. The summed E-state index contributed by atoms with van der Waals surface area (Å²) < 4.78 is 29.6. The Balaban J connectivity index is 1.64. The third-order valence-corrected chi connectivity index (χ3v) is 8.45. The van der Waals surface area contributed by atoms with Crippen molar-refractivity contribution in [2.24, 2.45) is 4.99 Å². The first kappa shape index (κ1) is 34.1. The van der Waals surface area contributed by atoms with Crippen molar-refractivity contribution < 1.29 is 33.4 Å². The van der Waals surface area contributed by atoms with E-state index in [1.165, 1.54) is 37.0 Å². The number of nitro benzene ring substituents is 1. The van der Waals surface area contributed by atoms with Gasteiger partial charge < -0.3 is 23.7 Å². The van der Waals surface area contributed by atoms with Crippen LogP contribution in [0.15, 0.2) is 87.8 Å². The average Bonchev–Trinajstić information content (AvgIpc) is 3.39. The lowest BCUT2D eigenvalue weighted by molar-refractivity contribution is -0.385. The number of aromatic nitrogens is 1. The van der Waals surface area contributed by atoms with Crippen LogP contribution in [0.2, 0.25) is 0 Å². The predicted molar refractivity (Wildman–Crippen MR) is 179 cm³/mol. The minimum atomic E-state index is -0.940. The minimum Gasteiger partial charge on any atom is -0.493 e. The number of thiazole rings is 1. The fraction of sp³-hybridized carbons (Fsp3) is 0.286. The Kier molecular flexibility index (Phi) is 11.0. The zero-order valence-electron chi connectivity index (χ0n) is 27.0. The third kappa shape index (κ3) is 7.32. The van der Waals surface area contributed by atoms with E-state index in [0.717, 1.165) is 23.3 Å². The molecule has 12 nitrogen and oxygen atoms in total. The smallest absolute Gasteiger partial charge is 0.338 e. The van der Waals surface area contributed by atoms with Crippen molar-refractivity contribution in [2.45, 2.75) is 32.9 Å². The molecule has 0 fully saturated rings. The van der Waals surface area contributed by atoms with Crippen LogP contribution in [0.1, 0.15) is 43.0 Å². The van der Waals surface area contributed by atoms with Gasteiger partial charge in [-0.1, -0.05) is 66.8 Å². The highest BCUT2D eigenvalue weighted by molar-refractivity contribution is 7.07. The van der Waals surface area contributed by atoms with E-state index in [1.54, 1.807) is 25.1 Å². The summed E-state index contributed by atoms with van der Waals surface area (Å²) in [5, 5.41) is 12.3. The van der Waals surface area contributed by atoms with Gasteiger partial charge >= 0.3 is 5.97 Å². The summed E-state index contributed by atoms with van der Waals surface area (Å²) in [6.45, 7) is 4.45. The van der Waals surface area contributed by atoms with Crippen molar-refractivity contribution in [1.29, 1.82) is 0 Å². The van der Waals surface area contributed by atoms with Gasteiger partial charge in [0.1, 0.15) is 25.0 Å². The molecule has 1 aliphatic rings. The van der Waals surface area contributed by atoms with Crippen LogP contribution in [0, 0.1) is 10.1 Å². The number of rotatable bonds is 14. The maximum absolute atomic E-state index is 14.2. The molecule has 1 aliphatic heterocycles. The molecule has 5 rings (SSSR count). The molecule has 3 aromatic carbocycles. The topological polar surface area (TPSA) is 141 Å². The van der Waals surface area contributed by atoms with Gasteiger partial charge in [0.25, 0.3) is 11.2 Å². The normalized spacial score (nSPS) is 14.2. The van der Waals surface area contributed by atoms with Crippen LogP contribution in [0.4, 0.5) is 5.69 Å². The van der Waals surface area contributed by atoms with Gasteiger partial charge in [-0.25, -0.2) is 9.79 Å². The minimum absolute atomic E-state index is 0.00773. The molecular formula is C35H35N3O9S. The molecule has 1 atom stereocenters. The Morgan fingerprint density at radius 3 is 2.46 bits per heavy atom. The molecule has 250 valence electrons. The van der Waals surface area contributed by atoms with Gasteiger partial charge in [0, 0.05) is 12.7 Å². The first-order valence-electron chi connectivity index (χ1n) is 15.2. The standard InChI is InChI=1S/C35H35N3O9S/c1-5-15-45-27-14-10-9-13-25(27)32-31(34(40)46-17-16-43-3)22(2)36-35-37(32)33(39)30(48-35)19-24-18-28(44-4)29(20-26(24)38(41)42)47-21-23-11-7-6-8-12-23/h6-14,18-20,32H,5,15-17,21H2,1-4H3/b30-19+/t32-/m1/s1. The summed E-state index contributed by atoms with van der Waals surface area (Å²) in [5.74, 6) is 0.293. The molecule has 0 N–H and O–H groups in total. The second-order valence-corrected chi connectivity index (χ2v) is 11.7. The number of carbonyl (C=O) groups is 1. The molecule has 0 bridgehead atoms. The molecule has 4 aromatic rings. The van der Waals surface area contributed by atoms with Crippen molar-refractivity contribution in [1.82, 2.24) is 4.57 Å². The van der Waals surface area contributed by atoms with E-state index in [1.807, 2.05) is 43.3 Å². The van der Waals surface area contributed by atoms with Gasteiger partial charge in [0.05, 0.1) is 52.7 Å². The maximum Gasteiger partial charge on any atom is 0.338 e. The number of ether oxygens (including phenoxy) is 5. The number of fused-ring (bicyclic) bond motifs is 1. The van der Waals surface area contributed by atoms with E-state index in [9.17, 15) is 19.7 Å². The van der Waals surface area contributed by atoms with Gasteiger partial charge in [0.15, 0.2) is 16.3 Å². The lowest BCUT2D eigenvalue weighted by atomic mass is 9.95. The van der Waals surface area contributed by atoms with Crippen LogP contribution >= 0.6 is 11.3 Å². The third-order valence-electron chi connectivity index (χ3n) is 7.47. The Morgan fingerprint density at radius 1 is 1.00 bits per heavy atom. The maximum atomic E-state index is 14.2. The van der Waals surface area contributed by atoms with E-state index < -0.39 is 22.5 Å². The highest BCUT2D eigenvalue weighted by Gasteiger charge is 2.35. The number of benzene rings is 3. The largest absolute Gasteiger partial charge is 0.493 e. The molecule has 0 saturated carbocycles. The molecule has 0 unspecified atom stereocenters. The number of carbonyl (C=O) groups excluding carboxylic acids is 1. The summed E-state index contributed by atoms with van der Waals surface area (Å²) in [4.78, 5) is 44.4. The van der Waals surface area contributed by atoms with Gasteiger partial charge in [-0.05, 0) is 37.1 Å². The predicted octanol–water partition coefficient (Wildman–Crippen LogP) is 4.71. The van der Waals surface area contributed by atoms with E-state index >= 15 is 0 Å². The summed E-state index contributed by atoms with van der Waals surface area (Å²) in [5.41, 5.74) is 1.34. The molecule has 2 heterocycles. The van der Waals surface area contributed by atoms with Crippen LogP contribution in [0.5, 0.6) is 17.2 Å². The number of allylic oxidation sites excluding steroid dienone is 1. The highest BCUT2D eigenvalue weighted by atomic mass is 32.1. The fourth-order valence-electron chi connectivity index (χ4n) is 5.21. The van der Waals surface area contributed by atoms with E-state index in [-0.39, 0.29) is 52.7 Å². The lowest BCUT2D eigenvalue weighted by Crippen LogP contribution is -2.40. The number of hydrogen-bond donors (Lipinski definition) is 0. The Morgan fingerprint density at radius 2 is 1.75 bits per heavy atom. The number of nitro groups is 1. The molecule has 0 aliphatic carbocycles. The molecule has 13 heteroatoms. The lowest BCUT2D eigenvalue weighted by Gasteiger charge is -2.26. The summed E-state index contributed by atoms with van der Waals surface area (Å²) >= 11 is 1.05. The van der Waals surface area contributed by atoms with Crippen LogP contribution in [-0.2, 0) is 20.9 Å². The second-order valence-electron chi connectivity index (χ2n) is 10.7. The number of methoxy groups -OCH3 is 2.